The highest BCUT2D eigenvalue weighted by atomic mass is 16.1. The molecule has 3 heteroatoms. The average Bonchev–Trinajstić information content (AvgIpc) is 2.59. The number of hydrogen-bond donors (Lipinski definition) is 0. The predicted octanol–water partition coefficient (Wildman–Crippen LogP) is 4.63. The zero-order valence-electron chi connectivity index (χ0n) is 13.6. The molecule has 0 aliphatic carbocycles. The number of aryl methyl sites for hydroxylation is 2. The van der Waals surface area contributed by atoms with Crippen LogP contribution < -0.4 is 0 Å². The number of aromatic nitrogens is 2. The van der Waals surface area contributed by atoms with Gasteiger partial charge in [-0.05, 0) is 38.1 Å². The molecule has 0 bridgehead atoms. The summed E-state index contributed by atoms with van der Waals surface area (Å²) in [6, 6.07) is 19.2. The minimum atomic E-state index is 0.00232. The zero-order chi connectivity index (χ0) is 16.7. The lowest BCUT2D eigenvalue weighted by molar-refractivity contribution is 0.104. The predicted molar refractivity (Wildman–Crippen MR) is 96.4 cm³/mol. The molecule has 0 saturated carbocycles. The molecule has 2 aromatic carbocycles. The van der Waals surface area contributed by atoms with E-state index in [-0.39, 0.29) is 5.78 Å². The van der Waals surface area contributed by atoms with Gasteiger partial charge in [0, 0.05) is 33.3 Å². The summed E-state index contributed by atoms with van der Waals surface area (Å²) in [5, 5.41) is 1.76. The molecule has 0 amide bonds. The molecule has 116 valence electrons. The van der Waals surface area contributed by atoms with Gasteiger partial charge in [-0.25, -0.2) is 0 Å². The number of ketones is 1. The summed E-state index contributed by atoms with van der Waals surface area (Å²) in [6.45, 7) is 3.90. The normalized spacial score (nSPS) is 11.1. The van der Waals surface area contributed by atoms with Crippen LogP contribution in [0.4, 0.5) is 0 Å². The molecule has 0 aliphatic rings. The van der Waals surface area contributed by atoms with Crippen molar-refractivity contribution in [1.82, 2.24) is 9.97 Å². The molecule has 4 rings (SSSR count). The Balaban J connectivity index is 1.94. The monoisotopic (exact) mass is 312 g/mol. The van der Waals surface area contributed by atoms with Crippen LogP contribution in [0.25, 0.3) is 21.8 Å². The molecule has 0 aliphatic heterocycles. The summed E-state index contributed by atoms with van der Waals surface area (Å²) in [4.78, 5) is 22.2. The quantitative estimate of drug-likeness (QED) is 0.507. The standard InChI is InChI=1S/C21H16N2O/c1-13-9-11-15-17(5-3-7-19(15)22-13)21(24)18-6-4-8-20-16(18)12-10-14(2)23-20/h3-12H,1-2H3. The van der Waals surface area contributed by atoms with Gasteiger partial charge in [-0.3, -0.25) is 14.8 Å². The van der Waals surface area contributed by atoms with Crippen LogP contribution in [-0.2, 0) is 0 Å². The molecule has 0 unspecified atom stereocenters. The third-order valence-electron chi connectivity index (χ3n) is 4.23. The number of nitrogens with zero attached hydrogens (tertiary/aromatic N) is 2. The second-order valence-electron chi connectivity index (χ2n) is 5.98. The second kappa shape index (κ2) is 5.53. The van der Waals surface area contributed by atoms with E-state index in [4.69, 9.17) is 0 Å². The minimum Gasteiger partial charge on any atom is -0.289 e. The lowest BCUT2D eigenvalue weighted by Crippen LogP contribution is -2.04. The molecule has 24 heavy (non-hydrogen) atoms. The fourth-order valence-electron chi connectivity index (χ4n) is 3.05. The summed E-state index contributed by atoms with van der Waals surface area (Å²) < 4.78 is 0. The SMILES string of the molecule is Cc1ccc2c(C(=O)c3cccc4nc(C)ccc34)cccc2n1. The van der Waals surface area contributed by atoms with Crippen LogP contribution in [0.5, 0.6) is 0 Å². The van der Waals surface area contributed by atoms with Gasteiger partial charge in [0.15, 0.2) is 5.78 Å². The number of pyridine rings is 2. The van der Waals surface area contributed by atoms with Crippen LogP contribution in [0.15, 0.2) is 60.7 Å². The number of carbonyl (C=O) groups excluding carboxylic acids is 1. The summed E-state index contributed by atoms with van der Waals surface area (Å²) in [5.74, 6) is 0.00232. The number of hydrogen-bond acceptors (Lipinski definition) is 3. The lowest BCUT2D eigenvalue weighted by atomic mass is 9.96. The number of carbonyl (C=O) groups is 1. The minimum absolute atomic E-state index is 0.00232. The Morgan fingerprint density at radius 1 is 0.667 bits per heavy atom. The Morgan fingerprint density at radius 3 is 1.58 bits per heavy atom. The fraction of sp³-hybridized carbons (Fsp3) is 0.0952. The smallest absolute Gasteiger partial charge is 0.194 e. The first kappa shape index (κ1) is 14.5. The average molecular weight is 312 g/mol. The first-order valence-electron chi connectivity index (χ1n) is 7.91. The van der Waals surface area contributed by atoms with Crippen LogP contribution in [-0.4, -0.2) is 15.8 Å². The van der Waals surface area contributed by atoms with Gasteiger partial charge in [0.1, 0.15) is 0 Å². The van der Waals surface area contributed by atoms with E-state index in [1.54, 1.807) is 0 Å². The van der Waals surface area contributed by atoms with Gasteiger partial charge in [0.2, 0.25) is 0 Å². The van der Waals surface area contributed by atoms with Crippen LogP contribution in [0.1, 0.15) is 27.3 Å². The Bertz CT molecular complexity index is 1010. The van der Waals surface area contributed by atoms with Crippen molar-refractivity contribution < 1.29 is 4.79 Å². The molecule has 4 aromatic rings. The van der Waals surface area contributed by atoms with Crippen LogP contribution in [0.2, 0.25) is 0 Å². The Hall–Kier alpha value is -3.07. The topological polar surface area (TPSA) is 42.9 Å². The Morgan fingerprint density at radius 2 is 1.12 bits per heavy atom. The lowest BCUT2D eigenvalue weighted by Gasteiger charge is -2.09. The van der Waals surface area contributed by atoms with Crippen molar-refractivity contribution in [2.75, 3.05) is 0 Å². The van der Waals surface area contributed by atoms with Crippen LogP contribution in [0.3, 0.4) is 0 Å². The second-order valence-corrected chi connectivity index (χ2v) is 5.98. The highest BCUT2D eigenvalue weighted by Gasteiger charge is 2.16. The first-order chi connectivity index (χ1) is 11.6. The molecule has 0 N–H and O–H groups in total. The van der Waals surface area contributed by atoms with E-state index < -0.39 is 0 Å². The van der Waals surface area contributed by atoms with Crippen molar-refractivity contribution in [2.24, 2.45) is 0 Å². The number of benzene rings is 2. The molecule has 2 heterocycles. The molecule has 2 aromatic heterocycles. The largest absolute Gasteiger partial charge is 0.289 e. The number of rotatable bonds is 2. The molecule has 0 spiro atoms. The van der Waals surface area contributed by atoms with Gasteiger partial charge in [0.25, 0.3) is 0 Å². The molecule has 0 saturated heterocycles. The number of fused-ring (bicyclic) bond motifs is 2. The van der Waals surface area contributed by atoms with Crippen LogP contribution in [0, 0.1) is 13.8 Å². The van der Waals surface area contributed by atoms with Gasteiger partial charge in [0.05, 0.1) is 11.0 Å². The van der Waals surface area contributed by atoms with E-state index in [1.807, 2.05) is 74.5 Å². The zero-order valence-corrected chi connectivity index (χ0v) is 13.6. The van der Waals surface area contributed by atoms with Gasteiger partial charge in [-0.15, -0.1) is 0 Å². The highest BCUT2D eigenvalue weighted by Crippen LogP contribution is 2.25. The van der Waals surface area contributed by atoms with E-state index in [9.17, 15) is 4.79 Å². The van der Waals surface area contributed by atoms with E-state index in [1.165, 1.54) is 0 Å². The van der Waals surface area contributed by atoms with E-state index in [2.05, 4.69) is 9.97 Å². The first-order valence-corrected chi connectivity index (χ1v) is 7.91. The Labute approximate surface area is 140 Å². The van der Waals surface area contributed by atoms with Crippen molar-refractivity contribution in [2.45, 2.75) is 13.8 Å². The van der Waals surface area contributed by atoms with Crippen molar-refractivity contribution in [3.05, 3.63) is 83.2 Å². The highest BCUT2D eigenvalue weighted by molar-refractivity contribution is 6.20. The maximum Gasteiger partial charge on any atom is 0.194 e. The molecular weight excluding hydrogens is 296 g/mol. The maximum atomic E-state index is 13.2. The molecule has 0 radical (unpaired) electrons. The van der Waals surface area contributed by atoms with Crippen molar-refractivity contribution in [1.29, 1.82) is 0 Å². The molecule has 0 fully saturated rings. The summed E-state index contributed by atoms with van der Waals surface area (Å²) >= 11 is 0. The Kier molecular flexibility index (Phi) is 3.35. The van der Waals surface area contributed by atoms with E-state index in [0.29, 0.717) is 11.1 Å². The van der Waals surface area contributed by atoms with Gasteiger partial charge < -0.3 is 0 Å². The van der Waals surface area contributed by atoms with Crippen LogP contribution >= 0.6 is 0 Å². The molecular formula is C21H16N2O. The van der Waals surface area contributed by atoms with E-state index in [0.717, 1.165) is 33.2 Å². The van der Waals surface area contributed by atoms with Gasteiger partial charge in [-0.1, -0.05) is 36.4 Å². The van der Waals surface area contributed by atoms with Gasteiger partial charge >= 0.3 is 0 Å². The maximum absolute atomic E-state index is 13.2. The summed E-state index contributed by atoms with van der Waals surface area (Å²) in [7, 11) is 0. The summed E-state index contributed by atoms with van der Waals surface area (Å²) in [6.07, 6.45) is 0. The van der Waals surface area contributed by atoms with Crippen molar-refractivity contribution in [3.8, 4) is 0 Å². The third-order valence-corrected chi connectivity index (χ3v) is 4.23. The van der Waals surface area contributed by atoms with Crippen molar-refractivity contribution in [3.63, 3.8) is 0 Å². The van der Waals surface area contributed by atoms with Gasteiger partial charge in [-0.2, -0.15) is 0 Å². The van der Waals surface area contributed by atoms with Crippen molar-refractivity contribution >= 4 is 27.6 Å². The summed E-state index contributed by atoms with van der Waals surface area (Å²) in [5.41, 5.74) is 4.92. The molecule has 3 nitrogen and oxygen atoms in total. The van der Waals surface area contributed by atoms with E-state index >= 15 is 0 Å². The third kappa shape index (κ3) is 2.35. The fourth-order valence-corrected chi connectivity index (χ4v) is 3.05. The molecule has 0 atom stereocenters.